The van der Waals surface area contributed by atoms with Crippen molar-refractivity contribution in [2.24, 2.45) is 10.2 Å². The monoisotopic (exact) mass is 497 g/mol. The van der Waals surface area contributed by atoms with E-state index < -0.39 is 11.9 Å². The molecule has 0 amide bonds. The number of benzene rings is 1. The van der Waals surface area contributed by atoms with Crippen LogP contribution in [-0.4, -0.2) is 50.0 Å². The minimum Gasteiger partial charge on any atom is -0.481 e. The Morgan fingerprint density at radius 1 is 1.11 bits per heavy atom. The number of azo groups is 1. The van der Waals surface area contributed by atoms with Crippen molar-refractivity contribution in [2.45, 2.75) is 33.6 Å². The molecule has 0 saturated heterocycles. The van der Waals surface area contributed by atoms with Crippen molar-refractivity contribution in [3.63, 3.8) is 0 Å². The number of likely N-dealkylation sites (N-methyl/N-ethyl adjacent to an activating group) is 1. The van der Waals surface area contributed by atoms with Crippen molar-refractivity contribution in [2.75, 3.05) is 37.8 Å². The van der Waals surface area contributed by atoms with Gasteiger partial charge >= 0.3 is 11.9 Å². The number of aryl methyl sites for hydroxylation is 1. The van der Waals surface area contributed by atoms with Gasteiger partial charge in [0.1, 0.15) is 23.6 Å². The summed E-state index contributed by atoms with van der Waals surface area (Å²) in [5, 5.41) is 36.0. The van der Waals surface area contributed by atoms with Gasteiger partial charge in [0.2, 0.25) is 0 Å². The number of carboxylic acid groups (broad SMARTS) is 1. The first-order chi connectivity index (χ1) is 16.8. The van der Waals surface area contributed by atoms with E-state index in [4.69, 9.17) is 14.6 Å². The summed E-state index contributed by atoms with van der Waals surface area (Å²) in [6.07, 6.45) is -0.400. The summed E-state index contributed by atoms with van der Waals surface area (Å²) in [5.74, 6) is -1.59. The number of hydrogen-bond acceptors (Lipinski definition) is 10. The summed E-state index contributed by atoms with van der Waals surface area (Å²) in [5.41, 5.74) is 3.56. The number of anilines is 1. The van der Waals surface area contributed by atoms with Crippen molar-refractivity contribution in [1.29, 1.82) is 10.5 Å². The van der Waals surface area contributed by atoms with Crippen LogP contribution >= 0.6 is 11.3 Å². The van der Waals surface area contributed by atoms with Crippen molar-refractivity contribution in [3.05, 3.63) is 39.8 Å². The molecule has 1 N–H and O–H groups in total. The van der Waals surface area contributed by atoms with Crippen LogP contribution in [0.3, 0.4) is 0 Å². The fraction of sp³-hybridized carbons (Fsp3) is 0.417. The number of carboxylic acids is 1. The zero-order valence-corrected chi connectivity index (χ0v) is 20.7. The maximum absolute atomic E-state index is 11.4. The van der Waals surface area contributed by atoms with Gasteiger partial charge in [-0.05, 0) is 50.1 Å². The molecule has 0 radical (unpaired) electrons. The molecule has 10 nitrogen and oxygen atoms in total. The Kier molecular flexibility index (Phi) is 10.8. The largest absolute Gasteiger partial charge is 0.481 e. The Morgan fingerprint density at radius 2 is 1.89 bits per heavy atom. The van der Waals surface area contributed by atoms with E-state index in [1.807, 2.05) is 32.0 Å². The molecular weight excluding hydrogens is 470 g/mol. The second kappa shape index (κ2) is 13.8. The maximum atomic E-state index is 11.4. The molecular formula is C24H27N5O5S. The lowest BCUT2D eigenvalue weighted by Crippen LogP contribution is -2.27. The van der Waals surface area contributed by atoms with E-state index in [0.717, 1.165) is 29.1 Å². The van der Waals surface area contributed by atoms with Gasteiger partial charge in [0, 0.05) is 18.8 Å². The third-order valence-electron chi connectivity index (χ3n) is 5.06. The van der Waals surface area contributed by atoms with Gasteiger partial charge in [-0.25, -0.2) is 0 Å². The normalized spacial score (nSPS) is 10.7. The van der Waals surface area contributed by atoms with Crippen molar-refractivity contribution >= 4 is 39.7 Å². The molecule has 2 aromatic rings. The van der Waals surface area contributed by atoms with E-state index >= 15 is 0 Å². The first kappa shape index (κ1) is 27.4. The molecule has 184 valence electrons. The second-order valence-corrected chi connectivity index (χ2v) is 8.44. The highest BCUT2D eigenvalue weighted by Crippen LogP contribution is 2.36. The molecule has 0 aliphatic rings. The average Bonchev–Trinajstić information content (AvgIpc) is 3.15. The summed E-state index contributed by atoms with van der Waals surface area (Å²) in [6, 6.07) is 9.94. The lowest BCUT2D eigenvalue weighted by Gasteiger charge is -2.23. The molecule has 0 unspecified atom stereocenters. The molecule has 0 atom stereocenters. The molecule has 1 aromatic carbocycles. The van der Waals surface area contributed by atoms with E-state index in [1.54, 1.807) is 6.92 Å². The number of ether oxygens (including phenoxy) is 2. The Morgan fingerprint density at radius 3 is 2.51 bits per heavy atom. The molecule has 1 aromatic heterocycles. The summed E-state index contributed by atoms with van der Waals surface area (Å²) in [4.78, 5) is 24.4. The van der Waals surface area contributed by atoms with Crippen LogP contribution in [-0.2, 0) is 19.1 Å². The third-order valence-corrected chi connectivity index (χ3v) is 6.14. The Hall–Kier alpha value is -3.80. The molecule has 1 heterocycles. The topological polar surface area (TPSA) is 148 Å². The zero-order chi connectivity index (χ0) is 25.8. The summed E-state index contributed by atoms with van der Waals surface area (Å²) in [6.45, 7) is 7.80. The maximum Gasteiger partial charge on any atom is 0.306 e. The molecule has 0 aliphatic heterocycles. The van der Waals surface area contributed by atoms with Crippen LogP contribution in [0.15, 0.2) is 28.4 Å². The van der Waals surface area contributed by atoms with Crippen LogP contribution in [0, 0.1) is 36.5 Å². The molecule has 35 heavy (non-hydrogen) atoms. The number of hydrogen-bond donors (Lipinski definition) is 1. The van der Waals surface area contributed by atoms with E-state index in [-0.39, 0.29) is 26.1 Å². The van der Waals surface area contributed by atoms with Gasteiger partial charge in [0.15, 0.2) is 5.00 Å². The Balaban J connectivity index is 1.89. The van der Waals surface area contributed by atoms with Crippen LogP contribution < -0.4 is 4.90 Å². The standard InChI is InChI=1S/C24H27N5O5S/c1-4-29(9-10-33-11-12-34-23(32)8-7-22(30)31)18-5-6-20(16(2)13-18)27-28-24-19(14-25)17(3)21(15-26)35-24/h5-6,13H,4,7-12H2,1-3H3,(H,30,31)/b28-27+. The van der Waals surface area contributed by atoms with E-state index in [9.17, 15) is 20.1 Å². The van der Waals surface area contributed by atoms with Crippen molar-refractivity contribution < 1.29 is 24.2 Å². The van der Waals surface area contributed by atoms with E-state index in [1.165, 1.54) is 0 Å². The third kappa shape index (κ3) is 8.18. The van der Waals surface area contributed by atoms with Crippen LogP contribution in [0.25, 0.3) is 0 Å². The number of thiophene rings is 1. The van der Waals surface area contributed by atoms with Gasteiger partial charge in [-0.3, -0.25) is 9.59 Å². The van der Waals surface area contributed by atoms with Crippen LogP contribution in [0.5, 0.6) is 0 Å². The first-order valence-electron chi connectivity index (χ1n) is 11.0. The highest BCUT2D eigenvalue weighted by Gasteiger charge is 2.15. The molecule has 11 heteroatoms. The first-order valence-corrected chi connectivity index (χ1v) is 11.8. The minimum atomic E-state index is -1.04. The summed E-state index contributed by atoms with van der Waals surface area (Å²) >= 11 is 1.15. The van der Waals surface area contributed by atoms with Gasteiger partial charge in [-0.1, -0.05) is 0 Å². The minimum absolute atomic E-state index is 0.0799. The molecule has 0 bridgehead atoms. The smallest absolute Gasteiger partial charge is 0.306 e. The van der Waals surface area contributed by atoms with Gasteiger partial charge in [-0.2, -0.15) is 10.5 Å². The van der Waals surface area contributed by atoms with Gasteiger partial charge < -0.3 is 19.5 Å². The highest BCUT2D eigenvalue weighted by molar-refractivity contribution is 7.16. The van der Waals surface area contributed by atoms with Gasteiger partial charge in [0.05, 0.1) is 37.3 Å². The fourth-order valence-electron chi connectivity index (χ4n) is 3.10. The predicted octanol–water partition coefficient (Wildman–Crippen LogP) is 4.77. The van der Waals surface area contributed by atoms with E-state index in [0.29, 0.717) is 39.8 Å². The molecule has 0 spiro atoms. The van der Waals surface area contributed by atoms with Crippen molar-refractivity contribution in [1.82, 2.24) is 0 Å². The molecule has 0 saturated carbocycles. The number of carbonyl (C=O) groups excluding carboxylic acids is 1. The van der Waals surface area contributed by atoms with Crippen LogP contribution in [0.4, 0.5) is 16.4 Å². The molecule has 2 rings (SSSR count). The predicted molar refractivity (Wildman–Crippen MR) is 130 cm³/mol. The summed E-state index contributed by atoms with van der Waals surface area (Å²) < 4.78 is 10.5. The Bertz CT molecular complexity index is 1160. The number of rotatable bonds is 13. The van der Waals surface area contributed by atoms with Crippen molar-refractivity contribution in [3.8, 4) is 12.1 Å². The Labute approximate surface area is 208 Å². The SMILES string of the molecule is CCN(CCOCCOC(=O)CCC(=O)O)c1ccc(/N=N/c2sc(C#N)c(C)c2C#N)c(C)c1. The summed E-state index contributed by atoms with van der Waals surface area (Å²) in [7, 11) is 0. The number of aliphatic carboxylic acids is 1. The second-order valence-electron chi connectivity index (χ2n) is 7.44. The lowest BCUT2D eigenvalue weighted by molar-refractivity contribution is -0.148. The van der Waals surface area contributed by atoms with Crippen LogP contribution in [0.1, 0.15) is 41.3 Å². The quantitative estimate of drug-likeness (QED) is 0.236. The average molecular weight is 498 g/mol. The van der Waals surface area contributed by atoms with E-state index in [2.05, 4.69) is 27.3 Å². The molecule has 0 fully saturated rings. The molecule has 0 aliphatic carbocycles. The number of nitrogens with zero attached hydrogens (tertiary/aromatic N) is 5. The number of esters is 1. The number of nitriles is 2. The van der Waals surface area contributed by atoms with Crippen LogP contribution in [0.2, 0.25) is 0 Å². The fourth-order valence-corrected chi connectivity index (χ4v) is 3.97. The number of carbonyl (C=O) groups is 2. The van der Waals surface area contributed by atoms with Gasteiger partial charge in [-0.15, -0.1) is 21.6 Å². The zero-order valence-electron chi connectivity index (χ0n) is 19.9. The highest BCUT2D eigenvalue weighted by atomic mass is 32.1. The lowest BCUT2D eigenvalue weighted by atomic mass is 10.1. The van der Waals surface area contributed by atoms with Gasteiger partial charge in [0.25, 0.3) is 0 Å².